The molecule has 2 aromatic rings. The highest BCUT2D eigenvalue weighted by atomic mass is 79.9. The zero-order chi connectivity index (χ0) is 25.1. The highest BCUT2D eigenvalue weighted by molar-refractivity contribution is 9.11. The van der Waals surface area contributed by atoms with Crippen molar-refractivity contribution in [1.82, 2.24) is 0 Å². The zero-order valence-corrected chi connectivity index (χ0v) is 26.4. The van der Waals surface area contributed by atoms with E-state index in [-0.39, 0.29) is 29.7 Å². The van der Waals surface area contributed by atoms with Gasteiger partial charge in [-0.25, -0.2) is 0 Å². The number of halogens is 4. The van der Waals surface area contributed by atoms with E-state index in [4.69, 9.17) is 20.9 Å². The second-order valence-corrected chi connectivity index (χ2v) is 12.4. The third kappa shape index (κ3) is 6.98. The van der Waals surface area contributed by atoms with Crippen LogP contribution < -0.4 is 20.9 Å². The molecule has 0 heterocycles. The Balaban J connectivity index is 2.43. The van der Waals surface area contributed by atoms with Crippen LogP contribution >= 0.6 is 63.7 Å². The molecular weight excluding hydrogens is 680 g/mol. The van der Waals surface area contributed by atoms with Crippen LogP contribution in [0, 0.1) is 0 Å². The topological polar surface area (TPSA) is 70.5 Å². The van der Waals surface area contributed by atoms with Gasteiger partial charge in [0.15, 0.2) is 0 Å². The van der Waals surface area contributed by atoms with Crippen LogP contribution in [0.1, 0.15) is 65.5 Å². The maximum Gasteiger partial charge on any atom is 0.148 e. The Morgan fingerprint density at radius 1 is 0.697 bits per heavy atom. The van der Waals surface area contributed by atoms with Crippen molar-refractivity contribution in [2.24, 2.45) is 11.5 Å². The summed E-state index contributed by atoms with van der Waals surface area (Å²) in [6, 6.07) is 8.34. The summed E-state index contributed by atoms with van der Waals surface area (Å²) in [7, 11) is 0. The molecule has 8 heteroatoms. The second kappa shape index (κ2) is 12.2. The molecule has 2 aromatic carbocycles. The molecule has 4 atom stereocenters. The lowest BCUT2D eigenvalue weighted by Gasteiger charge is -2.30. The van der Waals surface area contributed by atoms with Crippen LogP contribution in [0.2, 0.25) is 0 Å². The number of hydrogen-bond donors (Lipinski definition) is 2. The summed E-state index contributed by atoms with van der Waals surface area (Å²) in [5, 5.41) is 0. The van der Waals surface area contributed by atoms with Gasteiger partial charge in [0.2, 0.25) is 0 Å². The van der Waals surface area contributed by atoms with Crippen LogP contribution in [-0.4, -0.2) is 24.3 Å². The maximum absolute atomic E-state index is 6.22. The van der Waals surface area contributed by atoms with Gasteiger partial charge in [0.25, 0.3) is 0 Å². The van der Waals surface area contributed by atoms with Gasteiger partial charge in [-0.15, -0.1) is 0 Å². The van der Waals surface area contributed by atoms with Gasteiger partial charge in [-0.2, -0.15) is 0 Å². The molecule has 4 nitrogen and oxygen atoms in total. The quantitative estimate of drug-likeness (QED) is 0.261. The third-order valence-corrected chi connectivity index (χ3v) is 8.31. The van der Waals surface area contributed by atoms with Gasteiger partial charge in [0.05, 0.1) is 17.9 Å². The van der Waals surface area contributed by atoms with Crippen molar-refractivity contribution in [1.29, 1.82) is 0 Å². The molecule has 33 heavy (non-hydrogen) atoms. The van der Waals surface area contributed by atoms with Crippen molar-refractivity contribution >= 4 is 63.7 Å². The molecule has 4 N–H and O–H groups in total. The Hall–Kier alpha value is -0.120. The normalized spacial score (nSPS) is 15.6. The second-order valence-electron chi connectivity index (χ2n) is 9.01. The van der Waals surface area contributed by atoms with E-state index in [0.29, 0.717) is 0 Å². The van der Waals surface area contributed by atoms with E-state index in [0.717, 1.165) is 53.4 Å². The van der Waals surface area contributed by atoms with E-state index in [9.17, 15) is 0 Å². The average molecular weight is 714 g/mol. The number of rotatable bonds is 10. The smallest absolute Gasteiger partial charge is 0.148 e. The van der Waals surface area contributed by atoms with E-state index < -0.39 is 0 Å². The van der Waals surface area contributed by atoms with Crippen molar-refractivity contribution in [2.75, 3.05) is 0 Å². The summed E-state index contributed by atoms with van der Waals surface area (Å²) in [4.78, 5) is 0. The summed E-state index contributed by atoms with van der Waals surface area (Å²) in [5.74, 6) is 1.54. The van der Waals surface area contributed by atoms with Crippen molar-refractivity contribution in [2.45, 2.75) is 84.1 Å². The third-order valence-electron chi connectivity index (χ3n) is 5.96. The van der Waals surface area contributed by atoms with Gasteiger partial charge >= 0.3 is 0 Å². The SMILES string of the molecule is CCC(Oc1c(Br)cc(C(C)(C)c2cc(Br)c(OC(CC)C(C)N)c(Br)c2)cc1Br)C(C)N. The zero-order valence-electron chi connectivity index (χ0n) is 20.0. The van der Waals surface area contributed by atoms with Crippen LogP contribution in [0.25, 0.3) is 0 Å². The van der Waals surface area contributed by atoms with E-state index in [1.807, 2.05) is 13.8 Å². The molecule has 0 aliphatic carbocycles. The minimum Gasteiger partial charge on any atom is -0.486 e. The molecule has 4 unspecified atom stereocenters. The van der Waals surface area contributed by atoms with Crippen LogP contribution in [0.15, 0.2) is 42.2 Å². The highest BCUT2D eigenvalue weighted by Crippen LogP contribution is 2.44. The molecule has 0 radical (unpaired) electrons. The largest absolute Gasteiger partial charge is 0.486 e. The summed E-state index contributed by atoms with van der Waals surface area (Å²) in [6.07, 6.45) is 1.56. The van der Waals surface area contributed by atoms with Crippen LogP contribution in [0.3, 0.4) is 0 Å². The van der Waals surface area contributed by atoms with Gasteiger partial charge in [-0.05, 0) is 126 Å². The Kier molecular flexibility index (Phi) is 10.8. The summed E-state index contributed by atoms with van der Waals surface area (Å²) in [5.41, 5.74) is 14.2. The predicted octanol–water partition coefficient (Wildman–Crippen LogP) is 8.07. The first kappa shape index (κ1) is 29.1. The Bertz CT molecular complexity index is 842. The molecule has 0 amide bonds. The van der Waals surface area contributed by atoms with Crippen molar-refractivity contribution in [3.05, 3.63) is 53.3 Å². The first-order valence-corrected chi connectivity index (χ1v) is 14.3. The van der Waals surface area contributed by atoms with Gasteiger partial charge < -0.3 is 20.9 Å². The molecule has 0 spiro atoms. The average Bonchev–Trinajstić information content (AvgIpc) is 2.72. The van der Waals surface area contributed by atoms with Crippen LogP contribution in [0.4, 0.5) is 0 Å². The maximum atomic E-state index is 6.22. The first-order valence-electron chi connectivity index (χ1n) is 11.2. The standard InChI is InChI=1S/C25H34Br4N2O2/c1-7-21(13(3)30)32-23-17(26)9-15(10-18(23)27)25(5,6)16-11-19(28)24(20(29)12-16)33-22(8-2)14(4)31/h9-14,21-22H,7-8,30-31H2,1-6H3. The fraction of sp³-hybridized carbons (Fsp3) is 0.520. The number of nitrogens with two attached hydrogens (primary N) is 2. The molecule has 2 rings (SSSR count). The monoisotopic (exact) mass is 710 g/mol. The number of ether oxygens (including phenoxy) is 2. The van der Waals surface area contributed by atoms with E-state index in [1.54, 1.807) is 0 Å². The molecular formula is C25H34Br4N2O2. The molecule has 0 saturated heterocycles. The lowest BCUT2D eigenvalue weighted by Crippen LogP contribution is -2.36. The molecule has 0 saturated carbocycles. The molecule has 184 valence electrons. The summed E-state index contributed by atoms with van der Waals surface area (Å²) in [6.45, 7) is 12.5. The predicted molar refractivity (Wildman–Crippen MR) is 153 cm³/mol. The van der Waals surface area contributed by atoms with E-state index in [1.165, 1.54) is 0 Å². The fourth-order valence-corrected chi connectivity index (χ4v) is 6.41. The molecule has 0 aliphatic heterocycles. The van der Waals surface area contributed by atoms with Gasteiger partial charge in [-0.3, -0.25) is 0 Å². The van der Waals surface area contributed by atoms with Crippen LogP contribution in [-0.2, 0) is 5.41 Å². The Labute approximate surface area is 232 Å². The first-order chi connectivity index (χ1) is 15.3. The lowest BCUT2D eigenvalue weighted by atomic mass is 9.78. The lowest BCUT2D eigenvalue weighted by molar-refractivity contribution is 0.170. The fourth-order valence-electron chi connectivity index (χ4n) is 3.66. The van der Waals surface area contributed by atoms with Gasteiger partial charge in [0, 0.05) is 17.5 Å². The van der Waals surface area contributed by atoms with Crippen LogP contribution in [0.5, 0.6) is 11.5 Å². The van der Waals surface area contributed by atoms with Crippen molar-refractivity contribution < 1.29 is 9.47 Å². The van der Waals surface area contributed by atoms with Crippen molar-refractivity contribution in [3.63, 3.8) is 0 Å². The number of hydrogen-bond acceptors (Lipinski definition) is 4. The Morgan fingerprint density at radius 2 is 0.970 bits per heavy atom. The van der Waals surface area contributed by atoms with Crippen molar-refractivity contribution in [3.8, 4) is 11.5 Å². The highest BCUT2D eigenvalue weighted by Gasteiger charge is 2.28. The molecule has 0 bridgehead atoms. The van der Waals surface area contributed by atoms with Gasteiger partial charge in [0.1, 0.15) is 23.7 Å². The molecule has 0 fully saturated rings. The molecule has 0 aromatic heterocycles. The number of benzene rings is 2. The van der Waals surface area contributed by atoms with E-state index in [2.05, 4.69) is 116 Å². The minimum absolute atomic E-state index is 0.0564. The molecule has 0 aliphatic rings. The minimum atomic E-state index is -0.288. The Morgan fingerprint density at radius 3 is 1.18 bits per heavy atom. The van der Waals surface area contributed by atoms with Gasteiger partial charge in [-0.1, -0.05) is 27.7 Å². The van der Waals surface area contributed by atoms with E-state index >= 15 is 0 Å². The summed E-state index contributed by atoms with van der Waals surface area (Å²) < 4.78 is 16.0. The summed E-state index contributed by atoms with van der Waals surface area (Å²) >= 11 is 14.9.